The molecule has 1 saturated heterocycles. The minimum absolute atomic E-state index is 0.0509. The molecule has 7 heteroatoms. The van der Waals surface area contributed by atoms with Gasteiger partial charge in [0.2, 0.25) is 5.91 Å². The van der Waals surface area contributed by atoms with Crippen molar-refractivity contribution >= 4 is 23.2 Å². The topological polar surface area (TPSA) is 66.7 Å². The molecule has 2 fully saturated rings. The number of carbonyl (C=O) groups excluding carboxylic acids is 2. The van der Waals surface area contributed by atoms with Gasteiger partial charge in [-0.3, -0.25) is 9.59 Å². The zero-order chi connectivity index (χ0) is 18.3. The summed E-state index contributed by atoms with van der Waals surface area (Å²) in [6, 6.07) is 2.38. The molecule has 2 aromatic rings. The van der Waals surface area contributed by atoms with Crippen molar-refractivity contribution in [2.45, 2.75) is 45.7 Å². The maximum atomic E-state index is 12.6. The molecule has 4 rings (SSSR count). The molecule has 2 aromatic heterocycles. The van der Waals surface area contributed by atoms with E-state index in [-0.39, 0.29) is 17.2 Å². The number of aryl methyl sites for hydroxylation is 1. The van der Waals surface area contributed by atoms with Crippen LogP contribution in [0, 0.1) is 12.3 Å². The summed E-state index contributed by atoms with van der Waals surface area (Å²) in [4.78, 5) is 32.7. The molecule has 1 aliphatic heterocycles. The van der Waals surface area contributed by atoms with Gasteiger partial charge in [0, 0.05) is 32.6 Å². The third-order valence-electron chi connectivity index (χ3n) is 5.85. The van der Waals surface area contributed by atoms with Gasteiger partial charge in [0.25, 0.3) is 5.91 Å². The van der Waals surface area contributed by atoms with E-state index in [0.29, 0.717) is 37.1 Å². The number of rotatable bonds is 4. The highest BCUT2D eigenvalue weighted by atomic mass is 32.1. The number of amides is 2. The minimum Gasteiger partial charge on any atom is -0.448 e. The average Bonchev–Trinajstić information content (AvgIpc) is 2.98. The van der Waals surface area contributed by atoms with E-state index in [9.17, 15) is 9.59 Å². The van der Waals surface area contributed by atoms with E-state index in [1.165, 1.54) is 12.0 Å². The van der Waals surface area contributed by atoms with Gasteiger partial charge in [-0.05, 0) is 54.0 Å². The molecule has 6 nitrogen and oxygen atoms in total. The van der Waals surface area contributed by atoms with Crippen molar-refractivity contribution in [2.75, 3.05) is 13.1 Å². The lowest BCUT2D eigenvalue weighted by molar-refractivity contribution is -0.130. The van der Waals surface area contributed by atoms with Crippen molar-refractivity contribution in [1.82, 2.24) is 14.8 Å². The molecular formula is C19H23N3O3S. The molecule has 3 heterocycles. The number of piperidine rings is 1. The van der Waals surface area contributed by atoms with Gasteiger partial charge >= 0.3 is 0 Å². The van der Waals surface area contributed by atoms with Crippen LogP contribution in [0.1, 0.15) is 48.0 Å². The van der Waals surface area contributed by atoms with Crippen molar-refractivity contribution in [1.29, 1.82) is 0 Å². The number of aromatic nitrogens is 1. The first-order valence-corrected chi connectivity index (χ1v) is 9.92. The number of hydrogen-bond acceptors (Lipinski definition) is 5. The molecule has 0 bridgehead atoms. The van der Waals surface area contributed by atoms with E-state index in [0.717, 1.165) is 19.3 Å². The highest BCUT2D eigenvalue weighted by Gasteiger charge is 2.58. The lowest BCUT2D eigenvalue weighted by Crippen LogP contribution is -2.42. The van der Waals surface area contributed by atoms with Crippen LogP contribution >= 0.6 is 11.3 Å². The zero-order valence-electron chi connectivity index (χ0n) is 15.1. The largest absolute Gasteiger partial charge is 0.448 e. The van der Waals surface area contributed by atoms with Crippen LogP contribution in [0.15, 0.2) is 27.6 Å². The number of thiophene rings is 1. The Balaban J connectivity index is 1.39. The molecule has 2 aliphatic rings. The van der Waals surface area contributed by atoms with Crippen LogP contribution < -0.4 is 0 Å². The third-order valence-corrected chi connectivity index (χ3v) is 6.59. The van der Waals surface area contributed by atoms with Crippen LogP contribution in [0.2, 0.25) is 0 Å². The molecule has 1 atom stereocenters. The molecular weight excluding hydrogens is 350 g/mol. The quantitative estimate of drug-likeness (QED) is 0.826. The summed E-state index contributed by atoms with van der Waals surface area (Å²) in [6.45, 7) is 5.53. The van der Waals surface area contributed by atoms with Gasteiger partial charge < -0.3 is 14.2 Å². The molecule has 0 N–H and O–H groups in total. The normalized spacial score (nSPS) is 21.0. The summed E-state index contributed by atoms with van der Waals surface area (Å²) in [5.41, 5.74) is 1.79. The van der Waals surface area contributed by atoms with Gasteiger partial charge in [0.05, 0.1) is 0 Å². The van der Waals surface area contributed by atoms with Crippen LogP contribution in [-0.2, 0) is 11.3 Å². The Morgan fingerprint density at radius 3 is 2.77 bits per heavy atom. The summed E-state index contributed by atoms with van der Waals surface area (Å²) in [7, 11) is 0. The molecule has 1 saturated carbocycles. The molecule has 138 valence electrons. The first kappa shape index (κ1) is 17.3. The minimum atomic E-state index is -0.0509. The summed E-state index contributed by atoms with van der Waals surface area (Å²) < 4.78 is 5.15. The fourth-order valence-electron chi connectivity index (χ4n) is 4.14. The number of oxazole rings is 1. The van der Waals surface area contributed by atoms with E-state index in [2.05, 4.69) is 16.4 Å². The van der Waals surface area contributed by atoms with Crippen molar-refractivity contribution < 1.29 is 14.0 Å². The Morgan fingerprint density at radius 1 is 1.42 bits per heavy atom. The molecule has 0 unspecified atom stereocenters. The Labute approximate surface area is 156 Å². The van der Waals surface area contributed by atoms with Crippen molar-refractivity contribution in [3.8, 4) is 0 Å². The molecule has 26 heavy (non-hydrogen) atoms. The van der Waals surface area contributed by atoms with E-state index in [1.54, 1.807) is 25.2 Å². The summed E-state index contributed by atoms with van der Waals surface area (Å²) >= 11 is 1.66. The summed E-state index contributed by atoms with van der Waals surface area (Å²) in [5, 5.41) is 4.15. The number of nitrogens with zero attached hydrogens (tertiary/aromatic N) is 3. The summed E-state index contributed by atoms with van der Waals surface area (Å²) in [6.07, 6.45) is 4.24. The van der Waals surface area contributed by atoms with Crippen LogP contribution in [0.3, 0.4) is 0 Å². The Morgan fingerprint density at radius 2 is 2.19 bits per heavy atom. The van der Waals surface area contributed by atoms with E-state index < -0.39 is 0 Å². The third kappa shape index (κ3) is 3.05. The molecule has 1 spiro atoms. The van der Waals surface area contributed by atoms with Crippen LogP contribution in [-0.4, -0.2) is 45.7 Å². The van der Waals surface area contributed by atoms with Crippen molar-refractivity contribution in [3.63, 3.8) is 0 Å². The fraction of sp³-hybridized carbons (Fsp3) is 0.526. The van der Waals surface area contributed by atoms with Crippen LogP contribution in [0.4, 0.5) is 0 Å². The number of hydrogen-bond donors (Lipinski definition) is 0. The number of carbonyl (C=O) groups is 2. The van der Waals surface area contributed by atoms with Gasteiger partial charge in [0.15, 0.2) is 12.1 Å². The summed E-state index contributed by atoms with van der Waals surface area (Å²) in [5.74, 6) is 0.651. The average molecular weight is 373 g/mol. The second-order valence-electron chi connectivity index (χ2n) is 7.41. The van der Waals surface area contributed by atoms with Crippen molar-refractivity contribution in [2.24, 2.45) is 5.41 Å². The smallest absolute Gasteiger partial charge is 0.276 e. The lowest BCUT2D eigenvalue weighted by Gasteiger charge is -2.34. The monoisotopic (exact) mass is 373 g/mol. The van der Waals surface area contributed by atoms with Gasteiger partial charge in [-0.25, -0.2) is 4.98 Å². The molecule has 0 aromatic carbocycles. The number of likely N-dealkylation sites (tertiary alicyclic amines) is 1. The molecule has 0 radical (unpaired) electrons. The van der Waals surface area contributed by atoms with E-state index in [4.69, 9.17) is 4.42 Å². The SMILES string of the molecule is CC(=O)N(Cc1ccsc1)[C@@H]1CC12CCN(C(=O)c1ncoc1C)CC2. The Hall–Kier alpha value is -2.15. The second kappa shape index (κ2) is 6.54. The maximum Gasteiger partial charge on any atom is 0.276 e. The standard InChI is InChI=1S/C19H23N3O3S/c1-13-17(20-12-25-13)18(24)21-6-4-19(5-7-21)9-16(19)22(14(2)23)10-15-3-8-26-11-15/h3,8,11-12,16H,4-7,9-10H2,1-2H3/t16-/m1/s1. The Kier molecular flexibility index (Phi) is 4.34. The zero-order valence-corrected chi connectivity index (χ0v) is 15.9. The maximum absolute atomic E-state index is 12.6. The van der Waals surface area contributed by atoms with Gasteiger partial charge in [-0.15, -0.1) is 0 Å². The van der Waals surface area contributed by atoms with Gasteiger partial charge in [0.1, 0.15) is 5.76 Å². The van der Waals surface area contributed by atoms with Gasteiger partial charge in [-0.2, -0.15) is 11.3 Å². The molecule has 2 amide bonds. The first-order chi connectivity index (χ1) is 12.5. The Bertz CT molecular complexity index is 806. The van der Waals surface area contributed by atoms with Crippen LogP contribution in [0.25, 0.3) is 0 Å². The molecule has 1 aliphatic carbocycles. The first-order valence-electron chi connectivity index (χ1n) is 8.98. The van der Waals surface area contributed by atoms with E-state index in [1.807, 2.05) is 15.2 Å². The van der Waals surface area contributed by atoms with Crippen LogP contribution in [0.5, 0.6) is 0 Å². The predicted molar refractivity (Wildman–Crippen MR) is 97.8 cm³/mol. The highest BCUT2D eigenvalue weighted by molar-refractivity contribution is 7.07. The van der Waals surface area contributed by atoms with E-state index >= 15 is 0 Å². The van der Waals surface area contributed by atoms with Crippen molar-refractivity contribution in [3.05, 3.63) is 40.2 Å². The lowest BCUT2D eigenvalue weighted by atomic mass is 9.92. The fourth-order valence-corrected chi connectivity index (χ4v) is 4.80. The van der Waals surface area contributed by atoms with Gasteiger partial charge in [-0.1, -0.05) is 0 Å². The highest BCUT2D eigenvalue weighted by Crippen LogP contribution is 2.57. The second-order valence-corrected chi connectivity index (χ2v) is 8.19. The predicted octanol–water partition coefficient (Wildman–Crippen LogP) is 3.09.